The Labute approximate surface area is 77.0 Å². The van der Waals surface area contributed by atoms with E-state index in [1.165, 1.54) is 19.2 Å². The predicted molar refractivity (Wildman–Crippen MR) is 50.3 cm³/mol. The molecule has 1 aromatic heterocycles. The molecule has 0 saturated heterocycles. The highest BCUT2D eigenvalue weighted by atomic mass is 15.3. The van der Waals surface area contributed by atoms with E-state index in [4.69, 9.17) is 5.73 Å². The first-order valence-corrected chi connectivity index (χ1v) is 4.52. The summed E-state index contributed by atoms with van der Waals surface area (Å²) in [6, 6.07) is 0.617. The van der Waals surface area contributed by atoms with Crippen molar-refractivity contribution in [1.82, 2.24) is 15.0 Å². The van der Waals surface area contributed by atoms with Crippen LogP contribution in [0.3, 0.4) is 0 Å². The lowest BCUT2D eigenvalue weighted by Crippen LogP contribution is -2.27. The average Bonchev–Trinajstić information content (AvgIpc) is 2.90. The smallest absolute Gasteiger partial charge is 0.230 e. The second kappa shape index (κ2) is 3.16. The van der Waals surface area contributed by atoms with Crippen LogP contribution in [0.5, 0.6) is 0 Å². The molecular weight excluding hydrogens is 166 g/mol. The van der Waals surface area contributed by atoms with Gasteiger partial charge >= 0.3 is 0 Å². The molecule has 70 valence electrons. The van der Waals surface area contributed by atoms with Crippen molar-refractivity contribution in [3.63, 3.8) is 0 Å². The number of nitrogens with zero attached hydrogens (tertiary/aromatic N) is 4. The van der Waals surface area contributed by atoms with Crippen molar-refractivity contribution in [3.8, 4) is 0 Å². The van der Waals surface area contributed by atoms with Gasteiger partial charge in [-0.1, -0.05) is 0 Å². The van der Waals surface area contributed by atoms with Gasteiger partial charge in [0.1, 0.15) is 6.33 Å². The van der Waals surface area contributed by atoms with E-state index < -0.39 is 0 Å². The normalized spacial score (nSPS) is 15.8. The third kappa shape index (κ3) is 1.68. The Morgan fingerprint density at radius 2 is 2.31 bits per heavy atom. The van der Waals surface area contributed by atoms with Gasteiger partial charge < -0.3 is 10.6 Å². The minimum atomic E-state index is 0.295. The van der Waals surface area contributed by atoms with Gasteiger partial charge in [-0.15, -0.1) is 0 Å². The summed E-state index contributed by atoms with van der Waals surface area (Å²) in [4.78, 5) is 14.1. The number of hydrogen-bond acceptors (Lipinski definition) is 5. The van der Waals surface area contributed by atoms with E-state index in [2.05, 4.69) is 26.8 Å². The van der Waals surface area contributed by atoms with E-state index in [0.717, 1.165) is 6.54 Å². The van der Waals surface area contributed by atoms with Crippen LogP contribution in [0.15, 0.2) is 6.33 Å². The van der Waals surface area contributed by atoms with E-state index in [9.17, 15) is 0 Å². The van der Waals surface area contributed by atoms with Crippen LogP contribution >= 0.6 is 0 Å². The molecule has 1 heterocycles. The van der Waals surface area contributed by atoms with E-state index in [-0.39, 0.29) is 0 Å². The molecule has 0 aliphatic heterocycles. The third-order valence-electron chi connectivity index (χ3n) is 2.16. The maximum absolute atomic E-state index is 5.48. The average molecular weight is 179 g/mol. The first-order valence-electron chi connectivity index (χ1n) is 4.52. The molecule has 0 unspecified atom stereocenters. The summed E-state index contributed by atoms with van der Waals surface area (Å²) >= 11 is 0. The minimum absolute atomic E-state index is 0.295. The summed E-state index contributed by atoms with van der Waals surface area (Å²) in [5.41, 5.74) is 5.48. The molecule has 2 N–H and O–H groups in total. The Morgan fingerprint density at radius 1 is 1.54 bits per heavy atom. The molecule has 1 saturated carbocycles. The molecular formula is C8H13N5. The van der Waals surface area contributed by atoms with Crippen LogP contribution in [0.4, 0.5) is 11.9 Å². The molecule has 13 heavy (non-hydrogen) atoms. The predicted octanol–water partition coefficient (Wildman–Crippen LogP) is 0.442. The number of hydrogen-bond donors (Lipinski definition) is 1. The van der Waals surface area contributed by atoms with E-state index in [1.54, 1.807) is 0 Å². The van der Waals surface area contributed by atoms with E-state index in [0.29, 0.717) is 17.9 Å². The molecule has 0 spiro atoms. The van der Waals surface area contributed by atoms with Crippen molar-refractivity contribution in [1.29, 1.82) is 0 Å². The minimum Gasteiger partial charge on any atom is -0.368 e. The molecule has 0 amide bonds. The summed E-state index contributed by atoms with van der Waals surface area (Å²) in [6.45, 7) is 3.02. The van der Waals surface area contributed by atoms with Crippen molar-refractivity contribution in [2.24, 2.45) is 0 Å². The number of rotatable bonds is 3. The first kappa shape index (κ1) is 8.22. The van der Waals surface area contributed by atoms with Gasteiger partial charge in [0, 0.05) is 12.6 Å². The zero-order chi connectivity index (χ0) is 9.26. The van der Waals surface area contributed by atoms with Crippen LogP contribution in [0, 0.1) is 0 Å². The second-order valence-corrected chi connectivity index (χ2v) is 3.16. The molecule has 0 atom stereocenters. The highest BCUT2D eigenvalue weighted by Crippen LogP contribution is 2.29. The van der Waals surface area contributed by atoms with Crippen molar-refractivity contribution < 1.29 is 0 Å². The van der Waals surface area contributed by atoms with E-state index in [1.807, 2.05) is 0 Å². The molecule has 0 aromatic carbocycles. The lowest BCUT2D eigenvalue weighted by molar-refractivity contribution is 0.781. The first-order chi connectivity index (χ1) is 6.31. The number of nitrogen functional groups attached to an aromatic ring is 1. The van der Waals surface area contributed by atoms with Crippen LogP contribution in [0.25, 0.3) is 0 Å². The maximum Gasteiger partial charge on any atom is 0.230 e. The molecule has 1 aromatic rings. The van der Waals surface area contributed by atoms with Crippen LogP contribution in [0.1, 0.15) is 19.8 Å². The van der Waals surface area contributed by atoms with E-state index >= 15 is 0 Å². The molecule has 1 aliphatic rings. The van der Waals surface area contributed by atoms with Gasteiger partial charge in [-0.05, 0) is 19.8 Å². The number of anilines is 2. The lowest BCUT2D eigenvalue weighted by atomic mass is 10.5. The topological polar surface area (TPSA) is 67.9 Å². The second-order valence-electron chi connectivity index (χ2n) is 3.16. The van der Waals surface area contributed by atoms with Crippen LogP contribution in [-0.2, 0) is 0 Å². The highest BCUT2D eigenvalue weighted by molar-refractivity contribution is 5.36. The molecule has 1 fully saturated rings. The Bertz CT molecular complexity index is 296. The zero-order valence-electron chi connectivity index (χ0n) is 7.64. The zero-order valence-corrected chi connectivity index (χ0v) is 7.64. The molecule has 0 bridgehead atoms. The summed E-state index contributed by atoms with van der Waals surface area (Å²) in [7, 11) is 0. The van der Waals surface area contributed by atoms with Gasteiger partial charge in [0.2, 0.25) is 11.9 Å². The van der Waals surface area contributed by atoms with Crippen LogP contribution in [0.2, 0.25) is 0 Å². The molecule has 5 heteroatoms. The van der Waals surface area contributed by atoms with Gasteiger partial charge in [0.25, 0.3) is 0 Å². The molecule has 0 radical (unpaired) electrons. The number of aromatic nitrogens is 3. The van der Waals surface area contributed by atoms with Crippen molar-refractivity contribution >= 4 is 11.9 Å². The summed E-state index contributed by atoms with van der Waals surface area (Å²) < 4.78 is 0. The third-order valence-corrected chi connectivity index (χ3v) is 2.16. The summed E-state index contributed by atoms with van der Waals surface area (Å²) in [5.74, 6) is 1.00. The Hall–Kier alpha value is -1.39. The van der Waals surface area contributed by atoms with Crippen molar-refractivity contribution in [2.75, 3.05) is 17.2 Å². The van der Waals surface area contributed by atoms with Gasteiger partial charge in [-0.25, -0.2) is 9.97 Å². The number of nitrogens with two attached hydrogens (primary N) is 1. The SMILES string of the molecule is CCN(c1ncnc(N)n1)C1CC1. The van der Waals surface area contributed by atoms with Gasteiger partial charge in [-0.2, -0.15) is 4.98 Å². The van der Waals surface area contributed by atoms with Crippen molar-refractivity contribution in [3.05, 3.63) is 6.33 Å². The molecule has 2 rings (SSSR count). The molecule has 5 nitrogen and oxygen atoms in total. The van der Waals surface area contributed by atoms with Crippen LogP contribution < -0.4 is 10.6 Å². The van der Waals surface area contributed by atoms with Gasteiger partial charge in [0.05, 0.1) is 0 Å². The fourth-order valence-electron chi connectivity index (χ4n) is 1.39. The summed E-state index contributed by atoms with van der Waals surface area (Å²) in [5, 5.41) is 0. The maximum atomic E-state index is 5.48. The fraction of sp³-hybridized carbons (Fsp3) is 0.625. The standard InChI is InChI=1S/C8H13N5/c1-2-13(6-3-4-6)8-11-5-10-7(9)12-8/h5-6H,2-4H2,1H3,(H2,9,10,11,12). The van der Waals surface area contributed by atoms with Crippen LogP contribution in [-0.4, -0.2) is 27.5 Å². The lowest BCUT2D eigenvalue weighted by Gasteiger charge is -2.19. The quantitative estimate of drug-likeness (QED) is 0.729. The largest absolute Gasteiger partial charge is 0.368 e. The highest BCUT2D eigenvalue weighted by Gasteiger charge is 2.29. The van der Waals surface area contributed by atoms with Gasteiger partial charge in [0.15, 0.2) is 0 Å². The Balaban J connectivity index is 2.21. The Morgan fingerprint density at radius 3 is 2.85 bits per heavy atom. The fourth-order valence-corrected chi connectivity index (χ4v) is 1.39. The molecule has 1 aliphatic carbocycles. The summed E-state index contributed by atoms with van der Waals surface area (Å²) in [6.07, 6.45) is 3.93. The Kier molecular flexibility index (Phi) is 2.00. The van der Waals surface area contributed by atoms with Crippen molar-refractivity contribution in [2.45, 2.75) is 25.8 Å². The monoisotopic (exact) mass is 179 g/mol. The van der Waals surface area contributed by atoms with Gasteiger partial charge in [-0.3, -0.25) is 0 Å².